The zero-order valence-electron chi connectivity index (χ0n) is 11.9. The third-order valence-electron chi connectivity index (χ3n) is 2.91. The summed E-state index contributed by atoms with van der Waals surface area (Å²) in [5, 5.41) is 19.9. The molecule has 0 atom stereocenters. The third kappa shape index (κ3) is 3.86. The van der Waals surface area contributed by atoms with Crippen molar-refractivity contribution < 1.29 is 24.4 Å². The van der Waals surface area contributed by atoms with E-state index in [1.807, 2.05) is 0 Å². The second-order valence-electron chi connectivity index (χ2n) is 4.36. The zero-order valence-corrected chi connectivity index (χ0v) is 12.7. The van der Waals surface area contributed by atoms with Crippen molar-refractivity contribution >= 4 is 29.4 Å². The van der Waals surface area contributed by atoms with Gasteiger partial charge in [0.05, 0.1) is 23.2 Å². The van der Waals surface area contributed by atoms with E-state index in [1.165, 1.54) is 49.6 Å². The van der Waals surface area contributed by atoms with Gasteiger partial charge in [0.15, 0.2) is 0 Å². The minimum Gasteiger partial charge on any atom is -0.478 e. The van der Waals surface area contributed by atoms with Crippen molar-refractivity contribution in [2.24, 2.45) is 0 Å². The number of ether oxygens (including phenoxy) is 1. The first kappa shape index (κ1) is 16.5. The van der Waals surface area contributed by atoms with E-state index in [-0.39, 0.29) is 16.8 Å². The van der Waals surface area contributed by atoms with Gasteiger partial charge >= 0.3 is 11.9 Å². The number of carbonyl (C=O) groups is 2. The number of carboxylic acid groups (broad SMARTS) is 1. The summed E-state index contributed by atoms with van der Waals surface area (Å²) in [5.74, 6) is -1.81. The molecule has 2 aromatic rings. The number of nitro benzene ring substituents is 1. The molecule has 118 valence electrons. The molecule has 8 heteroatoms. The topological polar surface area (TPSA) is 107 Å². The number of non-ortho nitro benzene ring substituents is 1. The summed E-state index contributed by atoms with van der Waals surface area (Å²) in [4.78, 5) is 34.0. The predicted octanol–water partition coefficient (Wildman–Crippen LogP) is 3.23. The Kier molecular flexibility index (Phi) is 4.97. The van der Waals surface area contributed by atoms with Gasteiger partial charge in [-0.1, -0.05) is 11.8 Å². The van der Waals surface area contributed by atoms with Crippen LogP contribution in [0.5, 0.6) is 0 Å². The van der Waals surface area contributed by atoms with Crippen LogP contribution in [0.25, 0.3) is 0 Å². The van der Waals surface area contributed by atoms with Crippen molar-refractivity contribution in [3.05, 3.63) is 63.7 Å². The molecular formula is C15H11NO6S. The van der Waals surface area contributed by atoms with Crippen molar-refractivity contribution in [2.75, 3.05) is 7.11 Å². The lowest BCUT2D eigenvalue weighted by Crippen LogP contribution is -2.05. The normalized spacial score (nSPS) is 10.1. The highest BCUT2D eigenvalue weighted by atomic mass is 32.2. The average molecular weight is 333 g/mol. The van der Waals surface area contributed by atoms with Gasteiger partial charge in [0.25, 0.3) is 5.69 Å². The summed E-state index contributed by atoms with van der Waals surface area (Å²) >= 11 is 1.14. The number of methoxy groups -OCH3 is 1. The molecule has 0 spiro atoms. The maximum absolute atomic E-state index is 11.5. The minimum atomic E-state index is -1.18. The summed E-state index contributed by atoms with van der Waals surface area (Å²) in [7, 11) is 1.21. The zero-order chi connectivity index (χ0) is 17.0. The summed E-state index contributed by atoms with van der Waals surface area (Å²) in [6.07, 6.45) is 0. The van der Waals surface area contributed by atoms with Crippen LogP contribution >= 0.6 is 11.8 Å². The molecule has 2 aromatic carbocycles. The first-order chi connectivity index (χ1) is 10.9. The number of benzene rings is 2. The molecule has 0 aliphatic carbocycles. The van der Waals surface area contributed by atoms with Crippen molar-refractivity contribution in [3.8, 4) is 0 Å². The molecule has 0 saturated carbocycles. The fourth-order valence-corrected chi connectivity index (χ4v) is 2.71. The van der Waals surface area contributed by atoms with Gasteiger partial charge in [-0.25, -0.2) is 9.59 Å². The van der Waals surface area contributed by atoms with Crippen LogP contribution in [0.4, 0.5) is 5.69 Å². The monoisotopic (exact) mass is 333 g/mol. The number of rotatable bonds is 5. The second-order valence-corrected chi connectivity index (χ2v) is 5.48. The van der Waals surface area contributed by atoms with E-state index >= 15 is 0 Å². The fourth-order valence-electron chi connectivity index (χ4n) is 1.79. The molecule has 2 rings (SSSR count). The molecule has 23 heavy (non-hydrogen) atoms. The summed E-state index contributed by atoms with van der Waals surface area (Å²) in [6, 6.07) is 9.94. The average Bonchev–Trinajstić information content (AvgIpc) is 2.54. The van der Waals surface area contributed by atoms with Gasteiger partial charge in [-0.3, -0.25) is 10.1 Å². The van der Waals surface area contributed by atoms with E-state index in [1.54, 1.807) is 0 Å². The van der Waals surface area contributed by atoms with E-state index < -0.39 is 16.9 Å². The van der Waals surface area contributed by atoms with Crippen LogP contribution in [-0.4, -0.2) is 29.1 Å². The maximum atomic E-state index is 11.5. The Morgan fingerprint density at radius 2 is 1.83 bits per heavy atom. The molecule has 7 nitrogen and oxygen atoms in total. The number of carboxylic acids is 1. The van der Waals surface area contributed by atoms with E-state index in [9.17, 15) is 24.8 Å². The third-order valence-corrected chi connectivity index (χ3v) is 3.99. The van der Waals surface area contributed by atoms with Crippen LogP contribution in [-0.2, 0) is 4.74 Å². The quantitative estimate of drug-likeness (QED) is 0.508. The summed E-state index contributed by atoms with van der Waals surface area (Å²) < 4.78 is 4.56. The van der Waals surface area contributed by atoms with E-state index in [2.05, 4.69) is 4.74 Å². The molecule has 0 heterocycles. The number of esters is 1. The highest BCUT2D eigenvalue weighted by molar-refractivity contribution is 7.99. The lowest BCUT2D eigenvalue weighted by molar-refractivity contribution is -0.384. The van der Waals surface area contributed by atoms with Crippen molar-refractivity contribution in [1.82, 2.24) is 0 Å². The van der Waals surface area contributed by atoms with Gasteiger partial charge in [0, 0.05) is 21.9 Å². The molecule has 0 radical (unpaired) electrons. The van der Waals surface area contributed by atoms with E-state index in [0.29, 0.717) is 9.79 Å². The fraction of sp³-hybridized carbons (Fsp3) is 0.0667. The van der Waals surface area contributed by atoms with Crippen LogP contribution in [0.15, 0.2) is 52.3 Å². The van der Waals surface area contributed by atoms with Crippen LogP contribution in [0.3, 0.4) is 0 Å². The lowest BCUT2D eigenvalue weighted by atomic mass is 10.1. The Bertz CT molecular complexity index is 772. The van der Waals surface area contributed by atoms with Gasteiger partial charge in [-0.05, 0) is 30.3 Å². The molecule has 0 unspecified atom stereocenters. The maximum Gasteiger partial charge on any atom is 0.337 e. The summed E-state index contributed by atoms with van der Waals surface area (Å²) in [5.41, 5.74) is 0.0445. The van der Waals surface area contributed by atoms with Crippen LogP contribution < -0.4 is 0 Å². The van der Waals surface area contributed by atoms with Gasteiger partial charge in [-0.2, -0.15) is 0 Å². The van der Waals surface area contributed by atoms with Crippen LogP contribution in [0.1, 0.15) is 20.7 Å². The van der Waals surface area contributed by atoms with Crippen LogP contribution in [0.2, 0.25) is 0 Å². The Labute approximate surface area is 135 Å². The Morgan fingerprint density at radius 3 is 2.35 bits per heavy atom. The largest absolute Gasteiger partial charge is 0.478 e. The van der Waals surface area contributed by atoms with Gasteiger partial charge in [0.2, 0.25) is 0 Å². The van der Waals surface area contributed by atoms with Gasteiger partial charge in [-0.15, -0.1) is 0 Å². The Hall–Kier alpha value is -2.87. The number of hydrogen-bond donors (Lipinski definition) is 1. The van der Waals surface area contributed by atoms with E-state index in [4.69, 9.17) is 0 Å². The number of aromatic carboxylic acids is 1. The van der Waals surface area contributed by atoms with Crippen molar-refractivity contribution in [3.63, 3.8) is 0 Å². The first-order valence-corrected chi connectivity index (χ1v) is 7.12. The highest BCUT2D eigenvalue weighted by Gasteiger charge is 2.16. The first-order valence-electron chi connectivity index (χ1n) is 6.30. The summed E-state index contributed by atoms with van der Waals surface area (Å²) in [6.45, 7) is 0. The molecular weight excluding hydrogens is 322 g/mol. The predicted molar refractivity (Wildman–Crippen MR) is 82.0 cm³/mol. The molecule has 0 aromatic heterocycles. The molecule has 0 aliphatic rings. The van der Waals surface area contributed by atoms with Crippen molar-refractivity contribution in [2.45, 2.75) is 9.79 Å². The molecule has 0 amide bonds. The van der Waals surface area contributed by atoms with Crippen molar-refractivity contribution in [1.29, 1.82) is 0 Å². The lowest BCUT2D eigenvalue weighted by Gasteiger charge is -2.08. The van der Waals surface area contributed by atoms with E-state index in [0.717, 1.165) is 11.8 Å². The molecule has 0 fully saturated rings. The number of hydrogen-bond acceptors (Lipinski definition) is 6. The number of nitrogens with zero attached hydrogens (tertiary/aromatic N) is 1. The minimum absolute atomic E-state index is 0.0451. The molecule has 0 saturated heterocycles. The smallest absolute Gasteiger partial charge is 0.337 e. The molecule has 0 aliphatic heterocycles. The van der Waals surface area contributed by atoms with Gasteiger partial charge in [0.1, 0.15) is 0 Å². The second kappa shape index (κ2) is 6.93. The Morgan fingerprint density at radius 1 is 1.17 bits per heavy atom. The SMILES string of the molecule is COC(=O)c1ccc(Sc2ccc([N+](=O)[O-])cc2)c(C(=O)O)c1. The molecule has 1 N–H and O–H groups in total. The van der Waals surface area contributed by atoms with Gasteiger partial charge < -0.3 is 9.84 Å². The highest BCUT2D eigenvalue weighted by Crippen LogP contribution is 2.32. The number of carbonyl (C=O) groups excluding carboxylic acids is 1. The molecule has 0 bridgehead atoms. The van der Waals surface area contributed by atoms with Crippen LogP contribution in [0, 0.1) is 10.1 Å². The standard InChI is InChI=1S/C15H11NO6S/c1-22-15(19)9-2-7-13(12(8-9)14(17)18)23-11-5-3-10(4-6-11)16(20)21/h2-8H,1H3,(H,17,18). The number of nitro groups is 1. The Balaban J connectivity index is 2.33.